The maximum absolute atomic E-state index is 5.68. The zero-order chi connectivity index (χ0) is 14.5. The summed E-state index contributed by atoms with van der Waals surface area (Å²) >= 11 is 0. The van der Waals surface area contributed by atoms with Gasteiger partial charge < -0.3 is 14.2 Å². The number of benzene rings is 1. The van der Waals surface area contributed by atoms with E-state index in [4.69, 9.17) is 14.2 Å². The fourth-order valence-corrected chi connectivity index (χ4v) is 1.97. The van der Waals surface area contributed by atoms with Crippen molar-refractivity contribution in [2.45, 2.75) is 39.3 Å². The van der Waals surface area contributed by atoms with Crippen LogP contribution in [0.5, 0.6) is 5.75 Å². The SMILES string of the molecule is COc1ccc(/C=C/C(C)=C/C2O[C@@H](C)[C@@H](C)O2)cc1. The Labute approximate surface area is 120 Å². The fraction of sp³-hybridized carbons (Fsp3) is 0.412. The Hall–Kier alpha value is -1.58. The van der Waals surface area contributed by atoms with Gasteiger partial charge in [-0.25, -0.2) is 0 Å². The first-order valence-electron chi connectivity index (χ1n) is 6.90. The van der Waals surface area contributed by atoms with Crippen LogP contribution in [0, 0.1) is 0 Å². The molecule has 1 aromatic rings. The summed E-state index contributed by atoms with van der Waals surface area (Å²) in [5, 5.41) is 0. The largest absolute Gasteiger partial charge is 0.497 e. The van der Waals surface area contributed by atoms with Crippen LogP contribution in [0.25, 0.3) is 6.08 Å². The van der Waals surface area contributed by atoms with E-state index in [2.05, 4.69) is 12.2 Å². The standard InChI is InChI=1S/C17H22O3/c1-12(11-17-19-13(2)14(3)20-17)5-6-15-7-9-16(18-4)10-8-15/h5-11,13-14,17H,1-4H3/b6-5+,12-11+/t13-,14+,17?. The lowest BCUT2D eigenvalue weighted by molar-refractivity contribution is -0.0247. The molecule has 1 unspecified atom stereocenters. The summed E-state index contributed by atoms with van der Waals surface area (Å²) in [6.07, 6.45) is 6.18. The van der Waals surface area contributed by atoms with Crippen molar-refractivity contribution in [1.82, 2.24) is 0 Å². The van der Waals surface area contributed by atoms with Gasteiger partial charge in [0, 0.05) is 0 Å². The third-order valence-corrected chi connectivity index (χ3v) is 3.41. The second-order valence-corrected chi connectivity index (χ2v) is 5.07. The number of methoxy groups -OCH3 is 1. The van der Waals surface area contributed by atoms with Gasteiger partial charge >= 0.3 is 0 Å². The van der Waals surface area contributed by atoms with E-state index in [1.165, 1.54) is 0 Å². The van der Waals surface area contributed by atoms with Crippen molar-refractivity contribution >= 4 is 6.08 Å². The quantitative estimate of drug-likeness (QED) is 0.781. The molecular formula is C17H22O3. The molecular weight excluding hydrogens is 252 g/mol. The average Bonchev–Trinajstić information content (AvgIpc) is 2.75. The molecule has 0 amide bonds. The van der Waals surface area contributed by atoms with Crippen molar-refractivity contribution in [1.29, 1.82) is 0 Å². The molecule has 1 heterocycles. The molecule has 1 aliphatic rings. The highest BCUT2D eigenvalue weighted by Gasteiger charge is 2.27. The molecule has 1 aliphatic heterocycles. The average molecular weight is 274 g/mol. The first-order valence-corrected chi connectivity index (χ1v) is 6.90. The van der Waals surface area contributed by atoms with Crippen LogP contribution >= 0.6 is 0 Å². The molecule has 0 N–H and O–H groups in total. The van der Waals surface area contributed by atoms with E-state index in [0.29, 0.717) is 0 Å². The molecule has 1 fully saturated rings. The van der Waals surface area contributed by atoms with E-state index in [9.17, 15) is 0 Å². The van der Waals surface area contributed by atoms with Crippen molar-refractivity contribution in [3.63, 3.8) is 0 Å². The fourth-order valence-electron chi connectivity index (χ4n) is 1.97. The van der Waals surface area contributed by atoms with E-state index < -0.39 is 0 Å². The Morgan fingerprint density at radius 3 is 2.25 bits per heavy atom. The molecule has 0 aliphatic carbocycles. The number of rotatable bonds is 4. The van der Waals surface area contributed by atoms with E-state index in [1.807, 2.05) is 51.1 Å². The maximum Gasteiger partial charge on any atom is 0.178 e. The van der Waals surface area contributed by atoms with Gasteiger partial charge in [0.2, 0.25) is 0 Å². The zero-order valence-electron chi connectivity index (χ0n) is 12.5. The minimum Gasteiger partial charge on any atom is -0.497 e. The Bertz CT molecular complexity index is 477. The van der Waals surface area contributed by atoms with Crippen LogP contribution in [0.4, 0.5) is 0 Å². The molecule has 1 aromatic carbocycles. The van der Waals surface area contributed by atoms with Crippen LogP contribution in [0.1, 0.15) is 26.3 Å². The lowest BCUT2D eigenvalue weighted by atomic mass is 10.1. The van der Waals surface area contributed by atoms with E-state index in [1.54, 1.807) is 7.11 Å². The molecule has 0 saturated carbocycles. The molecule has 3 atom stereocenters. The van der Waals surface area contributed by atoms with Crippen molar-refractivity contribution in [2.75, 3.05) is 7.11 Å². The summed E-state index contributed by atoms with van der Waals surface area (Å²) in [7, 11) is 1.67. The molecule has 0 spiro atoms. The molecule has 3 heteroatoms. The number of hydrogen-bond donors (Lipinski definition) is 0. The van der Waals surface area contributed by atoms with Gasteiger partial charge in [0.05, 0.1) is 19.3 Å². The Morgan fingerprint density at radius 2 is 1.70 bits per heavy atom. The van der Waals surface area contributed by atoms with Gasteiger partial charge in [-0.3, -0.25) is 0 Å². The molecule has 0 radical (unpaired) electrons. The maximum atomic E-state index is 5.68. The summed E-state index contributed by atoms with van der Waals surface area (Å²) in [5.74, 6) is 0.866. The molecule has 0 aromatic heterocycles. The summed E-state index contributed by atoms with van der Waals surface area (Å²) in [5.41, 5.74) is 2.25. The van der Waals surface area contributed by atoms with Crippen LogP contribution in [0.2, 0.25) is 0 Å². The van der Waals surface area contributed by atoms with Crippen LogP contribution in [0.15, 0.2) is 42.0 Å². The lowest BCUT2D eigenvalue weighted by Gasteiger charge is -2.04. The predicted octanol–water partition coefficient (Wildman–Crippen LogP) is 3.80. The molecule has 108 valence electrons. The Balaban J connectivity index is 1.96. The highest BCUT2D eigenvalue weighted by Crippen LogP contribution is 2.20. The first-order chi connectivity index (χ1) is 9.58. The summed E-state index contributed by atoms with van der Waals surface area (Å²) in [4.78, 5) is 0. The second-order valence-electron chi connectivity index (χ2n) is 5.07. The van der Waals surface area contributed by atoms with Gasteiger partial charge in [0.25, 0.3) is 0 Å². The van der Waals surface area contributed by atoms with Gasteiger partial charge in [-0.2, -0.15) is 0 Å². The predicted molar refractivity (Wildman–Crippen MR) is 80.7 cm³/mol. The molecule has 2 rings (SSSR count). The Kier molecular flexibility index (Phi) is 4.99. The topological polar surface area (TPSA) is 27.7 Å². The van der Waals surface area contributed by atoms with Gasteiger partial charge in [-0.15, -0.1) is 0 Å². The smallest absolute Gasteiger partial charge is 0.178 e. The number of hydrogen-bond acceptors (Lipinski definition) is 3. The van der Waals surface area contributed by atoms with E-state index in [0.717, 1.165) is 16.9 Å². The summed E-state index contributed by atoms with van der Waals surface area (Å²) < 4.78 is 16.5. The van der Waals surface area contributed by atoms with Crippen molar-refractivity contribution in [3.8, 4) is 5.75 Å². The Morgan fingerprint density at radius 1 is 1.10 bits per heavy atom. The van der Waals surface area contributed by atoms with Crippen molar-refractivity contribution in [3.05, 3.63) is 47.6 Å². The third kappa shape index (κ3) is 3.95. The monoisotopic (exact) mass is 274 g/mol. The highest BCUT2D eigenvalue weighted by molar-refractivity contribution is 5.53. The van der Waals surface area contributed by atoms with Crippen molar-refractivity contribution < 1.29 is 14.2 Å². The lowest BCUT2D eigenvalue weighted by Crippen LogP contribution is -2.13. The normalized spacial score (nSPS) is 27.2. The minimum absolute atomic E-state index is 0.148. The summed E-state index contributed by atoms with van der Waals surface area (Å²) in [6, 6.07) is 7.95. The van der Waals surface area contributed by atoms with Gasteiger partial charge in [-0.05, 0) is 44.5 Å². The molecule has 0 bridgehead atoms. The van der Waals surface area contributed by atoms with Crippen molar-refractivity contribution in [2.24, 2.45) is 0 Å². The van der Waals surface area contributed by atoms with E-state index >= 15 is 0 Å². The van der Waals surface area contributed by atoms with Crippen LogP contribution in [0.3, 0.4) is 0 Å². The van der Waals surface area contributed by atoms with Gasteiger partial charge in [0.15, 0.2) is 6.29 Å². The zero-order valence-corrected chi connectivity index (χ0v) is 12.5. The van der Waals surface area contributed by atoms with Crippen LogP contribution in [-0.4, -0.2) is 25.6 Å². The number of allylic oxidation sites excluding steroid dienone is 2. The molecule has 1 saturated heterocycles. The van der Waals surface area contributed by atoms with Gasteiger partial charge in [-0.1, -0.05) is 29.9 Å². The summed E-state index contributed by atoms with van der Waals surface area (Å²) in [6.45, 7) is 6.10. The molecule has 3 nitrogen and oxygen atoms in total. The molecule has 20 heavy (non-hydrogen) atoms. The second kappa shape index (κ2) is 6.73. The van der Waals surface area contributed by atoms with Gasteiger partial charge in [0.1, 0.15) is 5.75 Å². The third-order valence-electron chi connectivity index (χ3n) is 3.41. The number of ether oxygens (including phenoxy) is 3. The van der Waals surface area contributed by atoms with Crippen LogP contribution in [-0.2, 0) is 9.47 Å². The van der Waals surface area contributed by atoms with E-state index in [-0.39, 0.29) is 18.5 Å². The first kappa shape index (κ1) is 14.8. The highest BCUT2D eigenvalue weighted by atomic mass is 16.7. The minimum atomic E-state index is -0.236. The van der Waals surface area contributed by atoms with Crippen LogP contribution < -0.4 is 4.74 Å².